The van der Waals surface area contributed by atoms with Gasteiger partial charge in [0.2, 0.25) is 0 Å². The van der Waals surface area contributed by atoms with Crippen LogP contribution in [-0.2, 0) is 25.0 Å². The minimum absolute atomic E-state index is 0.240. The molecule has 0 saturated carbocycles. The average molecular weight is 464 g/mol. The maximum absolute atomic E-state index is 6.05. The number of unbranched alkanes of at least 4 members (excludes halogenated alkanes) is 1. The third-order valence-corrected chi connectivity index (χ3v) is 7.65. The molecule has 2 fully saturated rings. The molecule has 0 N–H and O–H groups in total. The Kier molecular flexibility index (Phi) is 8.09. The second-order valence-electron chi connectivity index (χ2n) is 11.4. The fourth-order valence-electron chi connectivity index (χ4n) is 3.79. The summed E-state index contributed by atoms with van der Waals surface area (Å²) in [5, 5.41) is 0. The number of benzene rings is 2. The van der Waals surface area contributed by atoms with Crippen molar-refractivity contribution in [2.24, 2.45) is 0 Å². The smallest absolute Gasteiger partial charge is 0.399 e. The van der Waals surface area contributed by atoms with Crippen LogP contribution in [-0.4, -0.2) is 36.6 Å². The molecule has 0 radical (unpaired) electrons. The third-order valence-electron chi connectivity index (χ3n) is 7.65. The predicted molar refractivity (Wildman–Crippen MR) is 143 cm³/mol. The van der Waals surface area contributed by atoms with Gasteiger partial charge < -0.3 is 18.6 Å². The van der Waals surface area contributed by atoms with E-state index in [4.69, 9.17) is 18.6 Å². The molecule has 2 heterocycles. The van der Waals surface area contributed by atoms with Crippen molar-refractivity contribution in [3.63, 3.8) is 0 Å². The Labute approximate surface area is 208 Å². The van der Waals surface area contributed by atoms with Gasteiger partial charge in [-0.05, 0) is 84.7 Å². The first-order valence-electron chi connectivity index (χ1n) is 12.6. The van der Waals surface area contributed by atoms with Crippen molar-refractivity contribution in [1.29, 1.82) is 0 Å². The molecule has 6 heteroatoms. The highest BCUT2D eigenvalue weighted by Crippen LogP contribution is 2.37. The van der Waals surface area contributed by atoms with Gasteiger partial charge in [-0.1, -0.05) is 67.9 Å². The first-order valence-corrected chi connectivity index (χ1v) is 12.6. The Morgan fingerprint density at radius 3 is 1.32 bits per heavy atom. The molecule has 0 unspecified atom stereocenters. The topological polar surface area (TPSA) is 36.9 Å². The summed E-state index contributed by atoms with van der Waals surface area (Å²) < 4.78 is 24.0. The molecule has 2 saturated heterocycles. The largest absolute Gasteiger partial charge is 0.494 e. The monoisotopic (exact) mass is 464 g/mol. The van der Waals surface area contributed by atoms with Crippen molar-refractivity contribution < 1.29 is 18.6 Å². The van der Waals surface area contributed by atoms with E-state index >= 15 is 0 Å². The maximum Gasteiger partial charge on any atom is 0.494 e. The molecule has 34 heavy (non-hydrogen) atoms. The zero-order valence-electron chi connectivity index (χ0n) is 22.6. The zero-order chi connectivity index (χ0) is 25.2. The first-order chi connectivity index (χ1) is 15.8. The second-order valence-corrected chi connectivity index (χ2v) is 11.4. The summed E-state index contributed by atoms with van der Waals surface area (Å²) in [6, 6.07) is 18.7. The van der Waals surface area contributed by atoms with Gasteiger partial charge in [0.15, 0.2) is 0 Å². The first kappa shape index (κ1) is 27.0. The van der Waals surface area contributed by atoms with Gasteiger partial charge in [-0.2, -0.15) is 0 Å². The van der Waals surface area contributed by atoms with Gasteiger partial charge in [0.1, 0.15) is 0 Å². The molecule has 2 aromatic carbocycles. The Balaban J connectivity index is 0.000000196. The van der Waals surface area contributed by atoms with Crippen LogP contribution >= 0.6 is 0 Å². The Hall–Kier alpha value is -1.59. The molecule has 4 nitrogen and oxygen atoms in total. The van der Waals surface area contributed by atoms with Crippen LogP contribution in [0.15, 0.2) is 54.6 Å². The van der Waals surface area contributed by atoms with Gasteiger partial charge in [0.05, 0.1) is 22.4 Å². The second kappa shape index (κ2) is 10.2. The molecular formula is C28H42B2O4. The Morgan fingerprint density at radius 2 is 0.941 bits per heavy atom. The van der Waals surface area contributed by atoms with E-state index in [9.17, 15) is 0 Å². The molecule has 0 aromatic heterocycles. The zero-order valence-corrected chi connectivity index (χ0v) is 22.6. The van der Waals surface area contributed by atoms with Crippen molar-refractivity contribution in [1.82, 2.24) is 0 Å². The van der Waals surface area contributed by atoms with Crippen LogP contribution in [0.5, 0.6) is 0 Å². The standard InChI is InChI=1S/C16H25BO2.C12H17BO2/c1-6-7-8-13-9-11-14(12-10-13)17-18-15(2,3)16(4,5)19-17;1-11(2)12(3,4)15-13(14-11)10-8-6-5-7-9-10/h9-12H,6-8H2,1-5H3;5-9H,1-4H3. The molecule has 0 bridgehead atoms. The van der Waals surface area contributed by atoms with Crippen LogP contribution in [0.3, 0.4) is 0 Å². The van der Waals surface area contributed by atoms with E-state index in [2.05, 4.69) is 86.6 Å². The van der Waals surface area contributed by atoms with E-state index in [0.29, 0.717) is 0 Å². The molecular weight excluding hydrogens is 422 g/mol. The minimum Gasteiger partial charge on any atom is -0.399 e. The normalized spacial score (nSPS) is 21.8. The number of rotatable bonds is 5. The molecule has 2 aliphatic heterocycles. The average Bonchev–Trinajstić information content (AvgIpc) is 3.13. The highest BCUT2D eigenvalue weighted by molar-refractivity contribution is 6.62. The molecule has 0 amide bonds. The van der Waals surface area contributed by atoms with Crippen molar-refractivity contribution in [2.75, 3.05) is 0 Å². The molecule has 0 atom stereocenters. The quantitative estimate of drug-likeness (QED) is 0.562. The van der Waals surface area contributed by atoms with Crippen LogP contribution in [0.4, 0.5) is 0 Å². The molecule has 184 valence electrons. The minimum atomic E-state index is -0.265. The van der Waals surface area contributed by atoms with E-state index in [1.807, 2.05) is 30.3 Å². The van der Waals surface area contributed by atoms with Crippen LogP contribution in [0.2, 0.25) is 0 Å². The summed E-state index contributed by atoms with van der Waals surface area (Å²) in [6.45, 7) is 18.8. The number of hydrogen-bond donors (Lipinski definition) is 0. The SMILES string of the molecule is CC1(C)OB(c2ccccc2)OC1(C)C.CCCCc1ccc(B2OC(C)(C)C(C)(C)O2)cc1. The van der Waals surface area contributed by atoms with Crippen molar-refractivity contribution in [2.45, 2.75) is 104 Å². The summed E-state index contributed by atoms with van der Waals surface area (Å²) in [6.07, 6.45) is 3.63. The summed E-state index contributed by atoms with van der Waals surface area (Å²) in [5.41, 5.74) is 2.54. The summed E-state index contributed by atoms with van der Waals surface area (Å²) >= 11 is 0. The highest BCUT2D eigenvalue weighted by atomic mass is 16.7. The van der Waals surface area contributed by atoms with Crippen LogP contribution < -0.4 is 10.9 Å². The molecule has 0 aliphatic carbocycles. The third kappa shape index (κ3) is 5.96. The van der Waals surface area contributed by atoms with Gasteiger partial charge in [-0.15, -0.1) is 0 Å². The lowest BCUT2D eigenvalue weighted by atomic mass is 9.78. The predicted octanol–water partition coefficient (Wildman–Crippen LogP) is 5.31. The van der Waals surface area contributed by atoms with Crippen molar-refractivity contribution >= 4 is 25.2 Å². The molecule has 2 aliphatic rings. The lowest BCUT2D eigenvalue weighted by molar-refractivity contribution is 0.00578. The maximum atomic E-state index is 6.05. The van der Waals surface area contributed by atoms with E-state index in [0.717, 1.165) is 17.3 Å². The van der Waals surface area contributed by atoms with E-state index in [1.165, 1.54) is 18.4 Å². The lowest BCUT2D eigenvalue weighted by Gasteiger charge is -2.32. The van der Waals surface area contributed by atoms with Crippen molar-refractivity contribution in [3.05, 3.63) is 60.2 Å². The molecule has 4 rings (SSSR count). The van der Waals surface area contributed by atoms with Gasteiger partial charge in [0, 0.05) is 0 Å². The van der Waals surface area contributed by atoms with Crippen molar-refractivity contribution in [3.8, 4) is 0 Å². The Bertz CT molecular complexity index is 891. The van der Waals surface area contributed by atoms with Gasteiger partial charge in [-0.25, -0.2) is 0 Å². The summed E-state index contributed by atoms with van der Waals surface area (Å²) in [7, 11) is -0.485. The van der Waals surface area contributed by atoms with Gasteiger partial charge in [-0.3, -0.25) is 0 Å². The Morgan fingerprint density at radius 1 is 0.559 bits per heavy atom. The van der Waals surface area contributed by atoms with E-state index in [-0.39, 0.29) is 36.6 Å². The molecule has 2 aromatic rings. The van der Waals surface area contributed by atoms with Gasteiger partial charge >= 0.3 is 14.2 Å². The van der Waals surface area contributed by atoms with Crippen LogP contribution in [0.25, 0.3) is 0 Å². The number of hydrogen-bond acceptors (Lipinski definition) is 4. The van der Waals surface area contributed by atoms with E-state index < -0.39 is 0 Å². The van der Waals surface area contributed by atoms with Crippen LogP contribution in [0, 0.1) is 0 Å². The van der Waals surface area contributed by atoms with Crippen LogP contribution in [0.1, 0.15) is 80.7 Å². The van der Waals surface area contributed by atoms with Gasteiger partial charge in [0.25, 0.3) is 0 Å². The number of aryl methyl sites for hydroxylation is 1. The molecule has 0 spiro atoms. The fourth-order valence-corrected chi connectivity index (χ4v) is 3.79. The fraction of sp³-hybridized carbons (Fsp3) is 0.571. The van der Waals surface area contributed by atoms with E-state index in [1.54, 1.807) is 0 Å². The highest BCUT2D eigenvalue weighted by Gasteiger charge is 2.52. The summed E-state index contributed by atoms with van der Waals surface area (Å²) in [4.78, 5) is 0. The summed E-state index contributed by atoms with van der Waals surface area (Å²) in [5.74, 6) is 0. The lowest BCUT2D eigenvalue weighted by Crippen LogP contribution is -2.41.